The monoisotopic (exact) mass is 370 g/mol. The van der Waals surface area contributed by atoms with Crippen LogP contribution in [0.3, 0.4) is 0 Å². The van der Waals surface area contributed by atoms with E-state index in [1.54, 1.807) is 41.3 Å². The molecule has 0 saturated heterocycles. The Kier molecular flexibility index (Phi) is 3.32. The van der Waals surface area contributed by atoms with E-state index in [1.807, 2.05) is 0 Å². The first-order chi connectivity index (χ1) is 11.4. The zero-order valence-corrected chi connectivity index (χ0v) is 13.1. The molecule has 0 bridgehead atoms. The van der Waals surface area contributed by atoms with Crippen LogP contribution in [-0.4, -0.2) is 29.6 Å². The molecular formula is C13H6ClF3N6S. The molecule has 6 nitrogen and oxygen atoms in total. The molecule has 0 radical (unpaired) electrons. The lowest BCUT2D eigenvalue weighted by Crippen LogP contribution is -2.11. The van der Waals surface area contributed by atoms with Crippen molar-refractivity contribution in [1.82, 2.24) is 29.6 Å². The lowest BCUT2D eigenvalue weighted by molar-refractivity contribution is -0.146. The predicted octanol–water partition coefficient (Wildman–Crippen LogP) is 3.71. The van der Waals surface area contributed by atoms with Crippen LogP contribution in [0.5, 0.6) is 0 Å². The van der Waals surface area contributed by atoms with Crippen LogP contribution >= 0.6 is 22.9 Å². The van der Waals surface area contributed by atoms with Gasteiger partial charge >= 0.3 is 6.18 Å². The van der Waals surface area contributed by atoms with Gasteiger partial charge in [-0.25, -0.2) is 4.68 Å². The molecule has 0 unspecified atom stereocenters. The molecule has 0 aliphatic rings. The normalized spacial score (nSPS) is 12.2. The molecule has 4 rings (SSSR count). The standard InChI is InChI=1S/C13H6ClF3N6S/c14-9-3-2-7(22-5-1-4-18-22)6-8(9)10-21-23-11(13(15,16)17)19-20-12(23)24-10/h1-6H. The highest BCUT2D eigenvalue weighted by atomic mass is 35.5. The van der Waals surface area contributed by atoms with Crippen molar-refractivity contribution in [2.45, 2.75) is 6.18 Å². The van der Waals surface area contributed by atoms with Gasteiger partial charge in [-0.05, 0) is 24.3 Å². The van der Waals surface area contributed by atoms with Gasteiger partial charge in [0, 0.05) is 18.0 Å². The smallest absolute Gasteiger partial charge is 0.241 e. The first-order valence-corrected chi connectivity index (χ1v) is 7.72. The summed E-state index contributed by atoms with van der Waals surface area (Å²) in [5.41, 5.74) is 1.20. The van der Waals surface area contributed by atoms with Crippen molar-refractivity contribution in [2.24, 2.45) is 0 Å². The third-order valence-electron chi connectivity index (χ3n) is 3.19. The van der Waals surface area contributed by atoms with E-state index in [0.717, 1.165) is 11.3 Å². The van der Waals surface area contributed by atoms with E-state index in [9.17, 15) is 13.2 Å². The molecule has 0 N–H and O–H groups in total. The van der Waals surface area contributed by atoms with E-state index >= 15 is 0 Å². The van der Waals surface area contributed by atoms with Gasteiger partial charge in [-0.15, -0.1) is 10.2 Å². The fraction of sp³-hybridized carbons (Fsp3) is 0.0769. The van der Waals surface area contributed by atoms with E-state index < -0.39 is 12.0 Å². The zero-order chi connectivity index (χ0) is 16.9. The van der Waals surface area contributed by atoms with Crippen molar-refractivity contribution in [3.05, 3.63) is 47.5 Å². The molecule has 3 heterocycles. The lowest BCUT2D eigenvalue weighted by Gasteiger charge is -2.05. The number of fused-ring (bicyclic) bond motifs is 1. The number of alkyl halides is 3. The van der Waals surface area contributed by atoms with Crippen LogP contribution in [0.1, 0.15) is 5.82 Å². The summed E-state index contributed by atoms with van der Waals surface area (Å²) in [6, 6.07) is 6.85. The van der Waals surface area contributed by atoms with Gasteiger partial charge in [0.15, 0.2) is 0 Å². The average molecular weight is 371 g/mol. The van der Waals surface area contributed by atoms with Crippen LogP contribution < -0.4 is 0 Å². The quantitative estimate of drug-likeness (QED) is 0.539. The molecule has 0 spiro atoms. The van der Waals surface area contributed by atoms with Crippen molar-refractivity contribution in [3.8, 4) is 16.3 Å². The van der Waals surface area contributed by atoms with Gasteiger partial charge in [-0.2, -0.15) is 27.9 Å². The minimum Gasteiger partial charge on any atom is -0.241 e. The average Bonchev–Trinajstić information content (AvgIpc) is 3.22. The van der Waals surface area contributed by atoms with E-state index in [2.05, 4.69) is 20.4 Å². The van der Waals surface area contributed by atoms with E-state index in [-0.39, 0.29) is 4.96 Å². The maximum Gasteiger partial charge on any atom is 0.453 e. The van der Waals surface area contributed by atoms with E-state index in [0.29, 0.717) is 25.8 Å². The number of halogens is 4. The predicted molar refractivity (Wildman–Crippen MR) is 81.2 cm³/mol. The van der Waals surface area contributed by atoms with Crippen LogP contribution in [0.4, 0.5) is 13.2 Å². The molecule has 11 heteroatoms. The molecule has 3 aromatic heterocycles. The minimum atomic E-state index is -4.63. The second kappa shape index (κ2) is 5.28. The highest BCUT2D eigenvalue weighted by Gasteiger charge is 2.38. The van der Waals surface area contributed by atoms with Gasteiger partial charge in [0.25, 0.3) is 5.82 Å². The lowest BCUT2D eigenvalue weighted by atomic mass is 10.2. The first-order valence-electron chi connectivity index (χ1n) is 6.53. The summed E-state index contributed by atoms with van der Waals surface area (Å²) in [6.07, 6.45) is -1.27. The minimum absolute atomic E-state index is 0.0397. The highest BCUT2D eigenvalue weighted by Crippen LogP contribution is 2.35. The summed E-state index contributed by atoms with van der Waals surface area (Å²) < 4.78 is 41.0. The fourth-order valence-corrected chi connectivity index (χ4v) is 3.28. The Labute approximate surface area is 141 Å². The summed E-state index contributed by atoms with van der Waals surface area (Å²) in [5.74, 6) is -1.17. The van der Waals surface area contributed by atoms with Gasteiger partial charge in [-0.1, -0.05) is 22.9 Å². The molecular weight excluding hydrogens is 365 g/mol. The fourth-order valence-electron chi connectivity index (χ4n) is 2.14. The number of hydrogen-bond donors (Lipinski definition) is 0. The zero-order valence-electron chi connectivity index (χ0n) is 11.6. The summed E-state index contributed by atoms with van der Waals surface area (Å²) in [4.78, 5) is 0.0397. The van der Waals surface area contributed by atoms with Crippen LogP contribution in [0.15, 0.2) is 36.7 Å². The third kappa shape index (κ3) is 2.43. The molecule has 0 atom stereocenters. The van der Waals surface area contributed by atoms with Gasteiger partial charge in [0.1, 0.15) is 5.01 Å². The first kappa shape index (κ1) is 15.1. The molecule has 0 saturated carbocycles. The Bertz CT molecular complexity index is 1020. The molecule has 122 valence electrons. The van der Waals surface area contributed by atoms with Crippen LogP contribution in [0.2, 0.25) is 5.02 Å². The number of aromatic nitrogens is 6. The van der Waals surface area contributed by atoms with Crippen molar-refractivity contribution in [1.29, 1.82) is 0 Å². The number of nitrogens with zero attached hydrogens (tertiary/aromatic N) is 6. The Morgan fingerprint density at radius 1 is 1.17 bits per heavy atom. The SMILES string of the molecule is FC(F)(F)c1nnc2sc(-c3cc(-n4cccn4)ccc3Cl)nn12. The largest absolute Gasteiger partial charge is 0.453 e. The second-order valence-corrected chi connectivity index (χ2v) is 6.10. The Balaban J connectivity index is 1.86. The molecule has 0 fully saturated rings. The Morgan fingerprint density at radius 3 is 2.71 bits per heavy atom. The molecule has 24 heavy (non-hydrogen) atoms. The molecule has 4 aromatic rings. The molecule has 0 amide bonds. The van der Waals surface area contributed by atoms with Gasteiger partial charge in [0.2, 0.25) is 4.96 Å². The Hall–Kier alpha value is -2.46. The molecule has 0 aliphatic carbocycles. The molecule has 0 aliphatic heterocycles. The van der Waals surface area contributed by atoms with Crippen molar-refractivity contribution in [3.63, 3.8) is 0 Å². The summed E-state index contributed by atoms with van der Waals surface area (Å²) >= 11 is 7.16. The van der Waals surface area contributed by atoms with Crippen LogP contribution in [0.25, 0.3) is 21.2 Å². The maximum atomic E-state index is 12.9. The highest BCUT2D eigenvalue weighted by molar-refractivity contribution is 7.19. The molecule has 1 aromatic carbocycles. The van der Waals surface area contributed by atoms with Crippen molar-refractivity contribution >= 4 is 27.9 Å². The second-order valence-electron chi connectivity index (χ2n) is 4.74. The number of hydrogen-bond acceptors (Lipinski definition) is 5. The van der Waals surface area contributed by atoms with Gasteiger partial charge in [-0.3, -0.25) is 0 Å². The van der Waals surface area contributed by atoms with Gasteiger partial charge < -0.3 is 0 Å². The van der Waals surface area contributed by atoms with Crippen LogP contribution in [0, 0.1) is 0 Å². The van der Waals surface area contributed by atoms with Crippen molar-refractivity contribution < 1.29 is 13.2 Å². The maximum absolute atomic E-state index is 12.9. The number of benzene rings is 1. The summed E-state index contributed by atoms with van der Waals surface area (Å²) in [7, 11) is 0. The van der Waals surface area contributed by atoms with Crippen LogP contribution in [-0.2, 0) is 6.18 Å². The summed E-state index contributed by atoms with van der Waals surface area (Å²) in [5, 5.41) is 15.4. The Morgan fingerprint density at radius 2 is 2.00 bits per heavy atom. The topological polar surface area (TPSA) is 60.9 Å². The van der Waals surface area contributed by atoms with E-state index in [4.69, 9.17) is 11.6 Å². The van der Waals surface area contributed by atoms with Crippen molar-refractivity contribution in [2.75, 3.05) is 0 Å². The number of rotatable bonds is 2. The van der Waals surface area contributed by atoms with E-state index in [1.165, 1.54) is 0 Å². The van der Waals surface area contributed by atoms with Gasteiger partial charge in [0.05, 0.1) is 10.7 Å². The third-order valence-corrected chi connectivity index (χ3v) is 4.46. The summed E-state index contributed by atoms with van der Waals surface area (Å²) in [6.45, 7) is 0.